The standard InChI is InChI=1S/C23H35F2N5O2/c1-23(24,25)14-32-22-19(13-27-30(22)7-6-29-4-2-26-3-5-29)21(31)28-20-17-9-15-8-16(11-17)12-18(20)10-15/h13,15-18,20,26H,2-12,14H2,1H3,(H,28,31). The van der Waals surface area contributed by atoms with Crippen molar-refractivity contribution in [2.24, 2.45) is 23.7 Å². The minimum absolute atomic E-state index is 0.156. The van der Waals surface area contributed by atoms with Crippen molar-refractivity contribution in [1.82, 2.24) is 25.3 Å². The number of nitrogens with zero attached hydrogens (tertiary/aromatic N) is 3. The number of nitrogens with one attached hydrogen (secondary N) is 2. The fourth-order valence-electron chi connectivity index (χ4n) is 6.60. The van der Waals surface area contributed by atoms with Gasteiger partial charge in [-0.25, -0.2) is 13.5 Å². The quantitative estimate of drug-likeness (QED) is 0.635. The van der Waals surface area contributed by atoms with Gasteiger partial charge in [0, 0.05) is 45.7 Å². The van der Waals surface area contributed by atoms with E-state index in [4.69, 9.17) is 4.74 Å². The van der Waals surface area contributed by atoms with Crippen LogP contribution >= 0.6 is 0 Å². The molecule has 0 atom stereocenters. The van der Waals surface area contributed by atoms with Crippen molar-refractivity contribution in [3.8, 4) is 5.88 Å². The van der Waals surface area contributed by atoms with Gasteiger partial charge in [-0.3, -0.25) is 9.69 Å². The molecule has 4 bridgehead atoms. The van der Waals surface area contributed by atoms with Crippen LogP contribution in [0.3, 0.4) is 0 Å². The molecule has 32 heavy (non-hydrogen) atoms. The molecular weight excluding hydrogens is 416 g/mol. The van der Waals surface area contributed by atoms with Gasteiger partial charge in [0.1, 0.15) is 5.56 Å². The number of hydrogen-bond donors (Lipinski definition) is 2. The number of aromatic nitrogens is 2. The zero-order chi connectivity index (χ0) is 22.3. The molecule has 7 nitrogen and oxygen atoms in total. The lowest BCUT2D eigenvalue weighted by molar-refractivity contribution is -0.0261. The highest BCUT2D eigenvalue weighted by Crippen LogP contribution is 2.53. The number of hydrogen-bond acceptors (Lipinski definition) is 5. The molecule has 1 aliphatic heterocycles. The lowest BCUT2D eigenvalue weighted by Gasteiger charge is -2.54. The first kappa shape index (κ1) is 22.1. The van der Waals surface area contributed by atoms with Gasteiger partial charge < -0.3 is 15.4 Å². The molecule has 0 radical (unpaired) electrons. The Bertz CT molecular complexity index is 790. The summed E-state index contributed by atoms with van der Waals surface area (Å²) in [6.07, 6.45) is 7.64. The molecule has 178 valence electrons. The highest BCUT2D eigenvalue weighted by Gasteiger charge is 2.48. The average molecular weight is 452 g/mol. The predicted octanol–water partition coefficient (Wildman–Crippen LogP) is 2.38. The Morgan fingerprint density at radius 1 is 1.16 bits per heavy atom. The third kappa shape index (κ3) is 4.78. The smallest absolute Gasteiger partial charge is 0.278 e. The topological polar surface area (TPSA) is 71.4 Å². The Kier molecular flexibility index (Phi) is 6.13. The Morgan fingerprint density at radius 2 is 1.81 bits per heavy atom. The van der Waals surface area contributed by atoms with Crippen molar-refractivity contribution >= 4 is 5.91 Å². The van der Waals surface area contributed by atoms with Gasteiger partial charge in [-0.1, -0.05) is 0 Å². The summed E-state index contributed by atoms with van der Waals surface area (Å²) in [6, 6.07) is 0.181. The second kappa shape index (κ2) is 8.89. The van der Waals surface area contributed by atoms with Gasteiger partial charge in [0.2, 0.25) is 5.88 Å². The number of ether oxygens (including phenoxy) is 1. The monoisotopic (exact) mass is 451 g/mol. The summed E-state index contributed by atoms with van der Waals surface area (Å²) in [5.41, 5.74) is 0.267. The van der Waals surface area contributed by atoms with E-state index < -0.39 is 12.5 Å². The van der Waals surface area contributed by atoms with Crippen LogP contribution in [0, 0.1) is 23.7 Å². The third-order valence-corrected chi connectivity index (χ3v) is 7.86. The van der Waals surface area contributed by atoms with Crippen LogP contribution in [-0.2, 0) is 6.54 Å². The maximum absolute atomic E-state index is 13.6. The Labute approximate surface area is 188 Å². The number of alkyl halides is 2. The van der Waals surface area contributed by atoms with Gasteiger partial charge in [0.05, 0.1) is 12.7 Å². The molecule has 5 aliphatic rings. The van der Waals surface area contributed by atoms with Crippen LogP contribution in [0.15, 0.2) is 6.20 Å². The van der Waals surface area contributed by atoms with Crippen LogP contribution < -0.4 is 15.4 Å². The molecule has 1 amide bonds. The second-order valence-corrected chi connectivity index (χ2v) is 10.5. The van der Waals surface area contributed by atoms with Crippen LogP contribution in [0.4, 0.5) is 8.78 Å². The van der Waals surface area contributed by atoms with Crippen LogP contribution in [0.1, 0.15) is 49.4 Å². The molecule has 1 aromatic heterocycles. The summed E-state index contributed by atoms with van der Waals surface area (Å²) in [7, 11) is 0. The predicted molar refractivity (Wildman–Crippen MR) is 116 cm³/mol. The van der Waals surface area contributed by atoms with E-state index in [2.05, 4.69) is 20.6 Å². The minimum atomic E-state index is -2.98. The minimum Gasteiger partial charge on any atom is -0.471 e. The van der Waals surface area contributed by atoms with Gasteiger partial charge in [0.25, 0.3) is 11.8 Å². The summed E-state index contributed by atoms with van der Waals surface area (Å²) in [6.45, 7) is 5.02. The van der Waals surface area contributed by atoms with Gasteiger partial charge >= 0.3 is 0 Å². The lowest BCUT2D eigenvalue weighted by Crippen LogP contribution is -2.55. The fourth-order valence-corrected chi connectivity index (χ4v) is 6.60. The van der Waals surface area contributed by atoms with Crippen molar-refractivity contribution < 1.29 is 18.3 Å². The van der Waals surface area contributed by atoms with E-state index in [-0.39, 0.29) is 23.4 Å². The van der Waals surface area contributed by atoms with E-state index in [0.717, 1.165) is 51.5 Å². The van der Waals surface area contributed by atoms with Gasteiger partial charge in [-0.2, -0.15) is 5.10 Å². The molecule has 0 spiro atoms. The fraction of sp³-hybridized carbons (Fsp3) is 0.826. The lowest BCUT2D eigenvalue weighted by atomic mass is 9.54. The highest BCUT2D eigenvalue weighted by molar-refractivity contribution is 5.96. The van der Waals surface area contributed by atoms with Crippen molar-refractivity contribution in [2.45, 2.75) is 57.5 Å². The largest absolute Gasteiger partial charge is 0.471 e. The molecule has 0 unspecified atom stereocenters. The van der Waals surface area contributed by atoms with Gasteiger partial charge in [-0.05, 0) is 55.8 Å². The first-order chi connectivity index (χ1) is 15.4. The van der Waals surface area contributed by atoms with E-state index in [9.17, 15) is 13.6 Å². The molecule has 4 aliphatic carbocycles. The van der Waals surface area contributed by atoms with Crippen molar-refractivity contribution in [2.75, 3.05) is 39.3 Å². The second-order valence-electron chi connectivity index (χ2n) is 10.5. The van der Waals surface area contributed by atoms with E-state index in [1.807, 2.05) is 0 Å². The van der Waals surface area contributed by atoms with E-state index >= 15 is 0 Å². The Balaban J connectivity index is 1.29. The van der Waals surface area contributed by atoms with E-state index in [1.54, 1.807) is 4.68 Å². The molecule has 0 aromatic carbocycles. The summed E-state index contributed by atoms with van der Waals surface area (Å²) >= 11 is 0. The van der Waals surface area contributed by atoms with E-state index in [0.29, 0.717) is 18.4 Å². The van der Waals surface area contributed by atoms with Crippen LogP contribution in [0.2, 0.25) is 0 Å². The molecule has 1 aromatic rings. The summed E-state index contributed by atoms with van der Waals surface area (Å²) in [4.78, 5) is 15.5. The molecular formula is C23H35F2N5O2. The SMILES string of the molecule is CC(F)(F)COc1c(C(=O)NC2C3CC4CC(C3)CC2C4)cnn1CCN1CCNCC1. The zero-order valence-electron chi connectivity index (χ0n) is 18.9. The van der Waals surface area contributed by atoms with Crippen LogP contribution in [0.25, 0.3) is 0 Å². The molecule has 2 N–H and O–H groups in total. The van der Waals surface area contributed by atoms with Crippen molar-refractivity contribution in [1.29, 1.82) is 0 Å². The number of halogens is 2. The highest BCUT2D eigenvalue weighted by atomic mass is 19.3. The van der Waals surface area contributed by atoms with E-state index in [1.165, 1.54) is 38.3 Å². The maximum Gasteiger partial charge on any atom is 0.278 e. The summed E-state index contributed by atoms with van der Waals surface area (Å²) < 4.78 is 34.2. The molecule has 6 rings (SSSR count). The number of carbonyl (C=O) groups is 1. The number of amides is 1. The molecule has 5 fully saturated rings. The third-order valence-electron chi connectivity index (χ3n) is 7.86. The molecule has 4 saturated carbocycles. The Morgan fingerprint density at radius 3 is 2.44 bits per heavy atom. The van der Waals surface area contributed by atoms with Crippen molar-refractivity contribution in [3.05, 3.63) is 11.8 Å². The normalized spacial score (nSPS) is 32.3. The summed E-state index contributed by atoms with van der Waals surface area (Å²) in [5, 5.41) is 10.9. The average Bonchev–Trinajstić information content (AvgIpc) is 3.16. The van der Waals surface area contributed by atoms with Crippen molar-refractivity contribution in [3.63, 3.8) is 0 Å². The zero-order valence-corrected chi connectivity index (χ0v) is 18.9. The Hall–Kier alpha value is -1.74. The van der Waals surface area contributed by atoms with Crippen LogP contribution in [-0.4, -0.2) is 71.9 Å². The summed E-state index contributed by atoms with van der Waals surface area (Å²) in [5.74, 6) is -0.339. The number of carbonyl (C=O) groups excluding carboxylic acids is 1. The number of piperazine rings is 1. The van der Waals surface area contributed by atoms with Gasteiger partial charge in [-0.15, -0.1) is 0 Å². The first-order valence-corrected chi connectivity index (χ1v) is 12.2. The van der Waals surface area contributed by atoms with Crippen LogP contribution in [0.5, 0.6) is 5.88 Å². The molecule has 9 heteroatoms. The maximum atomic E-state index is 13.6. The molecule has 2 heterocycles. The number of rotatable bonds is 8. The molecule has 1 saturated heterocycles. The first-order valence-electron chi connectivity index (χ1n) is 12.2. The van der Waals surface area contributed by atoms with Gasteiger partial charge in [0.15, 0.2) is 6.61 Å².